The Kier molecular flexibility index (Phi) is 5.22. The third-order valence-corrected chi connectivity index (χ3v) is 5.09. The zero-order valence-corrected chi connectivity index (χ0v) is 15.9. The number of anilines is 2. The number of benzene rings is 1. The SMILES string of the molecule is CCC(C)n1nccc1NC(=O)C1CC(=O)N(c2ccc(Br)cc2)C1. The Morgan fingerprint density at radius 3 is 2.76 bits per heavy atom. The second-order valence-electron chi connectivity index (χ2n) is 6.29. The molecule has 1 saturated heterocycles. The fraction of sp³-hybridized carbons (Fsp3) is 0.389. The molecule has 1 aliphatic rings. The maximum Gasteiger partial charge on any atom is 0.230 e. The fourth-order valence-electron chi connectivity index (χ4n) is 2.92. The summed E-state index contributed by atoms with van der Waals surface area (Å²) in [5.74, 6) is 0.140. The minimum Gasteiger partial charge on any atom is -0.312 e. The highest BCUT2D eigenvalue weighted by atomic mass is 79.9. The molecule has 1 aromatic heterocycles. The van der Waals surface area contributed by atoms with Crippen molar-refractivity contribution in [3.63, 3.8) is 0 Å². The molecule has 1 N–H and O–H groups in total. The van der Waals surface area contributed by atoms with Crippen molar-refractivity contribution in [2.75, 3.05) is 16.8 Å². The van der Waals surface area contributed by atoms with E-state index in [1.54, 1.807) is 21.8 Å². The Labute approximate surface area is 155 Å². The Bertz CT molecular complexity index is 772. The van der Waals surface area contributed by atoms with Crippen molar-refractivity contribution < 1.29 is 9.59 Å². The van der Waals surface area contributed by atoms with E-state index in [1.165, 1.54) is 0 Å². The maximum atomic E-state index is 12.6. The second kappa shape index (κ2) is 7.39. The molecule has 2 amide bonds. The molecule has 6 nitrogen and oxygen atoms in total. The molecule has 2 heterocycles. The van der Waals surface area contributed by atoms with Gasteiger partial charge in [-0.1, -0.05) is 22.9 Å². The molecule has 0 bridgehead atoms. The predicted molar refractivity (Wildman–Crippen MR) is 100 cm³/mol. The summed E-state index contributed by atoms with van der Waals surface area (Å²) < 4.78 is 2.76. The Morgan fingerprint density at radius 2 is 2.08 bits per heavy atom. The molecule has 2 aromatic rings. The van der Waals surface area contributed by atoms with Crippen LogP contribution in [0.3, 0.4) is 0 Å². The van der Waals surface area contributed by atoms with Crippen molar-refractivity contribution in [2.24, 2.45) is 5.92 Å². The van der Waals surface area contributed by atoms with Crippen molar-refractivity contribution in [3.05, 3.63) is 41.0 Å². The van der Waals surface area contributed by atoms with Gasteiger partial charge in [0.25, 0.3) is 0 Å². The molecule has 1 aliphatic heterocycles. The van der Waals surface area contributed by atoms with E-state index in [4.69, 9.17) is 0 Å². The molecule has 25 heavy (non-hydrogen) atoms. The zero-order chi connectivity index (χ0) is 18.0. The van der Waals surface area contributed by atoms with Gasteiger partial charge in [0.1, 0.15) is 5.82 Å². The summed E-state index contributed by atoms with van der Waals surface area (Å²) in [5, 5.41) is 7.20. The fourth-order valence-corrected chi connectivity index (χ4v) is 3.18. The van der Waals surface area contributed by atoms with Crippen molar-refractivity contribution in [2.45, 2.75) is 32.7 Å². The van der Waals surface area contributed by atoms with Crippen LogP contribution in [0.2, 0.25) is 0 Å². The van der Waals surface area contributed by atoms with Gasteiger partial charge in [-0.3, -0.25) is 9.59 Å². The maximum absolute atomic E-state index is 12.6. The average Bonchev–Trinajstić information content (AvgIpc) is 3.21. The molecule has 0 spiro atoms. The number of hydrogen-bond acceptors (Lipinski definition) is 3. The van der Waals surface area contributed by atoms with Gasteiger partial charge in [0.2, 0.25) is 11.8 Å². The minimum absolute atomic E-state index is 0.0297. The lowest BCUT2D eigenvalue weighted by molar-refractivity contribution is -0.122. The van der Waals surface area contributed by atoms with Crippen LogP contribution in [-0.4, -0.2) is 28.1 Å². The zero-order valence-electron chi connectivity index (χ0n) is 14.3. The van der Waals surface area contributed by atoms with Crippen LogP contribution in [0.1, 0.15) is 32.7 Å². The van der Waals surface area contributed by atoms with Gasteiger partial charge in [-0.25, -0.2) is 4.68 Å². The molecule has 132 valence electrons. The number of rotatable bonds is 5. The summed E-state index contributed by atoms with van der Waals surface area (Å²) in [6.07, 6.45) is 2.82. The van der Waals surface area contributed by atoms with E-state index in [2.05, 4.69) is 40.2 Å². The van der Waals surface area contributed by atoms with Gasteiger partial charge in [-0.05, 0) is 37.6 Å². The number of carbonyl (C=O) groups is 2. The number of halogens is 1. The quantitative estimate of drug-likeness (QED) is 0.827. The predicted octanol–water partition coefficient (Wildman–Crippen LogP) is 3.61. The number of nitrogens with zero attached hydrogens (tertiary/aromatic N) is 3. The van der Waals surface area contributed by atoms with Crippen molar-refractivity contribution in [1.29, 1.82) is 0 Å². The topological polar surface area (TPSA) is 67.2 Å². The van der Waals surface area contributed by atoms with E-state index in [-0.39, 0.29) is 30.2 Å². The van der Waals surface area contributed by atoms with Crippen LogP contribution in [0.4, 0.5) is 11.5 Å². The third-order valence-electron chi connectivity index (χ3n) is 4.56. The number of carbonyl (C=O) groups excluding carboxylic acids is 2. The van der Waals surface area contributed by atoms with Crippen LogP contribution >= 0.6 is 15.9 Å². The van der Waals surface area contributed by atoms with Crippen LogP contribution in [0.25, 0.3) is 0 Å². The Hall–Kier alpha value is -2.15. The first-order valence-corrected chi connectivity index (χ1v) is 9.19. The van der Waals surface area contributed by atoms with E-state index >= 15 is 0 Å². The van der Waals surface area contributed by atoms with Crippen LogP contribution in [0, 0.1) is 5.92 Å². The molecule has 0 radical (unpaired) electrons. The van der Waals surface area contributed by atoms with E-state index in [0.29, 0.717) is 12.4 Å². The lowest BCUT2D eigenvalue weighted by Gasteiger charge is -2.18. The highest BCUT2D eigenvalue weighted by molar-refractivity contribution is 9.10. The van der Waals surface area contributed by atoms with Gasteiger partial charge >= 0.3 is 0 Å². The average molecular weight is 405 g/mol. The first-order chi connectivity index (χ1) is 12.0. The number of aromatic nitrogens is 2. The van der Waals surface area contributed by atoms with Gasteiger partial charge in [0.15, 0.2) is 0 Å². The highest BCUT2D eigenvalue weighted by Crippen LogP contribution is 2.27. The normalized spacial score (nSPS) is 18.4. The standard InChI is InChI=1S/C18H21BrN4O2/c1-3-12(2)23-16(8-9-20-23)21-18(25)13-10-17(24)22(11-13)15-6-4-14(19)5-7-15/h4-9,12-13H,3,10-11H2,1-2H3,(H,21,25). The molecule has 1 aromatic carbocycles. The van der Waals surface area contributed by atoms with E-state index in [9.17, 15) is 9.59 Å². The lowest BCUT2D eigenvalue weighted by atomic mass is 10.1. The molecule has 3 rings (SSSR count). The summed E-state index contributed by atoms with van der Waals surface area (Å²) in [6.45, 7) is 4.52. The smallest absolute Gasteiger partial charge is 0.230 e. The highest BCUT2D eigenvalue weighted by Gasteiger charge is 2.35. The molecular formula is C18H21BrN4O2. The van der Waals surface area contributed by atoms with Crippen LogP contribution in [-0.2, 0) is 9.59 Å². The number of amides is 2. The van der Waals surface area contributed by atoms with E-state index < -0.39 is 0 Å². The lowest BCUT2D eigenvalue weighted by Crippen LogP contribution is -2.28. The third kappa shape index (κ3) is 3.76. The van der Waals surface area contributed by atoms with Crippen molar-refractivity contribution in [3.8, 4) is 0 Å². The number of hydrogen-bond donors (Lipinski definition) is 1. The van der Waals surface area contributed by atoms with Crippen molar-refractivity contribution in [1.82, 2.24) is 9.78 Å². The number of nitrogens with one attached hydrogen (secondary N) is 1. The van der Waals surface area contributed by atoms with Crippen LogP contribution < -0.4 is 10.2 Å². The summed E-state index contributed by atoms with van der Waals surface area (Å²) in [7, 11) is 0. The molecule has 0 saturated carbocycles. The van der Waals surface area contributed by atoms with Gasteiger partial charge in [0.05, 0.1) is 18.2 Å². The van der Waals surface area contributed by atoms with Gasteiger partial charge in [-0.15, -0.1) is 0 Å². The summed E-state index contributed by atoms with van der Waals surface area (Å²) >= 11 is 3.39. The molecule has 2 unspecified atom stereocenters. The molecule has 7 heteroatoms. The molecule has 0 aliphatic carbocycles. The second-order valence-corrected chi connectivity index (χ2v) is 7.21. The first kappa shape index (κ1) is 17.7. The Balaban J connectivity index is 1.69. The van der Waals surface area contributed by atoms with Gasteiger partial charge in [0, 0.05) is 29.2 Å². The monoisotopic (exact) mass is 404 g/mol. The minimum atomic E-state index is -0.364. The summed E-state index contributed by atoms with van der Waals surface area (Å²) in [5.41, 5.74) is 0.813. The van der Waals surface area contributed by atoms with Crippen LogP contribution in [0.15, 0.2) is 41.0 Å². The van der Waals surface area contributed by atoms with Crippen LogP contribution in [0.5, 0.6) is 0 Å². The van der Waals surface area contributed by atoms with Crippen molar-refractivity contribution >= 4 is 39.2 Å². The Morgan fingerprint density at radius 1 is 1.36 bits per heavy atom. The summed E-state index contributed by atoms with van der Waals surface area (Å²) in [4.78, 5) is 26.6. The molecule has 1 fully saturated rings. The molecular weight excluding hydrogens is 384 g/mol. The first-order valence-electron chi connectivity index (χ1n) is 8.40. The van der Waals surface area contributed by atoms with Gasteiger partial charge in [-0.2, -0.15) is 5.10 Å². The van der Waals surface area contributed by atoms with Gasteiger partial charge < -0.3 is 10.2 Å². The van der Waals surface area contributed by atoms with E-state index in [1.807, 2.05) is 24.3 Å². The largest absolute Gasteiger partial charge is 0.312 e. The van der Waals surface area contributed by atoms with E-state index in [0.717, 1.165) is 16.6 Å². The summed E-state index contributed by atoms with van der Waals surface area (Å²) in [6, 6.07) is 9.52. The molecule has 2 atom stereocenters.